The molecule has 9 heteroatoms. The van der Waals surface area contributed by atoms with Crippen LogP contribution in [0.1, 0.15) is 25.0 Å². The number of halogens is 3. The Labute approximate surface area is 174 Å². The summed E-state index contributed by atoms with van der Waals surface area (Å²) in [5.74, 6) is 0.409. The van der Waals surface area contributed by atoms with Crippen molar-refractivity contribution in [3.63, 3.8) is 0 Å². The van der Waals surface area contributed by atoms with Crippen molar-refractivity contribution >= 4 is 5.82 Å². The molecule has 0 radical (unpaired) electrons. The zero-order chi connectivity index (χ0) is 21.1. The van der Waals surface area contributed by atoms with Crippen molar-refractivity contribution in [3.8, 4) is 11.4 Å². The lowest BCUT2D eigenvalue weighted by Crippen LogP contribution is -2.52. The van der Waals surface area contributed by atoms with E-state index in [1.807, 2.05) is 4.90 Å². The molecule has 2 saturated heterocycles. The van der Waals surface area contributed by atoms with E-state index in [2.05, 4.69) is 31.8 Å². The maximum atomic E-state index is 13.5. The number of pyridine rings is 1. The van der Waals surface area contributed by atoms with E-state index in [9.17, 15) is 13.2 Å². The molecule has 2 fully saturated rings. The number of rotatable bonds is 4. The molecule has 162 valence electrons. The first-order chi connectivity index (χ1) is 14.4. The summed E-state index contributed by atoms with van der Waals surface area (Å²) in [7, 11) is 2.18. The van der Waals surface area contributed by atoms with Gasteiger partial charge in [0.1, 0.15) is 5.82 Å². The molecule has 4 heterocycles. The Morgan fingerprint density at radius 1 is 1.00 bits per heavy atom. The Bertz CT molecular complexity index is 836. The smallest absolute Gasteiger partial charge is 0.354 e. The van der Waals surface area contributed by atoms with Crippen LogP contribution in [0.3, 0.4) is 0 Å². The summed E-state index contributed by atoms with van der Waals surface area (Å²) in [6, 6.07) is 4.88. The zero-order valence-corrected chi connectivity index (χ0v) is 17.1. The van der Waals surface area contributed by atoms with Gasteiger partial charge in [0, 0.05) is 62.8 Å². The van der Waals surface area contributed by atoms with Gasteiger partial charge in [-0.1, -0.05) is 6.42 Å². The number of likely N-dealkylation sites (N-methyl/N-ethyl adjacent to an activating group) is 1. The summed E-state index contributed by atoms with van der Waals surface area (Å²) in [6.45, 7) is 5.11. The number of likely N-dealkylation sites (tertiary alicyclic amines) is 1. The fraction of sp³-hybridized carbons (Fsp3) is 0.571. The number of hydrogen-bond acceptors (Lipinski definition) is 6. The van der Waals surface area contributed by atoms with E-state index in [1.165, 1.54) is 31.7 Å². The van der Waals surface area contributed by atoms with Gasteiger partial charge in [-0.25, -0.2) is 9.97 Å². The van der Waals surface area contributed by atoms with Crippen molar-refractivity contribution < 1.29 is 13.2 Å². The van der Waals surface area contributed by atoms with E-state index in [0.29, 0.717) is 30.5 Å². The van der Waals surface area contributed by atoms with Gasteiger partial charge >= 0.3 is 6.18 Å². The molecule has 0 amide bonds. The van der Waals surface area contributed by atoms with Crippen LogP contribution in [0.15, 0.2) is 30.6 Å². The molecule has 4 rings (SSSR count). The van der Waals surface area contributed by atoms with Crippen LogP contribution < -0.4 is 4.90 Å². The second-order valence-corrected chi connectivity index (χ2v) is 8.09. The third kappa shape index (κ3) is 4.89. The molecule has 0 N–H and O–H groups in total. The Kier molecular flexibility index (Phi) is 6.19. The van der Waals surface area contributed by atoms with Gasteiger partial charge in [0.25, 0.3) is 0 Å². The summed E-state index contributed by atoms with van der Waals surface area (Å²) in [5, 5.41) is 0. The van der Waals surface area contributed by atoms with Crippen molar-refractivity contribution in [1.82, 2.24) is 24.8 Å². The van der Waals surface area contributed by atoms with Gasteiger partial charge < -0.3 is 9.80 Å². The Morgan fingerprint density at radius 3 is 2.40 bits per heavy atom. The number of alkyl halides is 3. The third-order valence-electron chi connectivity index (χ3n) is 6.03. The van der Waals surface area contributed by atoms with Gasteiger partial charge in [0.2, 0.25) is 0 Å². The van der Waals surface area contributed by atoms with Crippen molar-refractivity contribution in [2.75, 3.05) is 51.2 Å². The Morgan fingerprint density at radius 2 is 1.73 bits per heavy atom. The molecule has 0 aromatic carbocycles. The Balaban J connectivity index is 1.49. The summed E-state index contributed by atoms with van der Waals surface area (Å²) >= 11 is 0. The lowest BCUT2D eigenvalue weighted by Gasteiger charge is -2.40. The highest BCUT2D eigenvalue weighted by molar-refractivity contribution is 5.57. The molecule has 2 aliphatic rings. The van der Waals surface area contributed by atoms with E-state index in [-0.39, 0.29) is 5.82 Å². The van der Waals surface area contributed by atoms with Crippen molar-refractivity contribution in [1.29, 1.82) is 0 Å². The van der Waals surface area contributed by atoms with Crippen LogP contribution in [-0.4, -0.2) is 77.1 Å². The first-order valence-corrected chi connectivity index (χ1v) is 10.4. The summed E-state index contributed by atoms with van der Waals surface area (Å²) in [4.78, 5) is 18.9. The first kappa shape index (κ1) is 21.0. The van der Waals surface area contributed by atoms with E-state index in [0.717, 1.165) is 32.2 Å². The highest BCUT2D eigenvalue weighted by atomic mass is 19.4. The van der Waals surface area contributed by atoms with Crippen LogP contribution in [0, 0.1) is 0 Å². The lowest BCUT2D eigenvalue weighted by atomic mass is 10.0. The Hall–Kier alpha value is -2.26. The zero-order valence-electron chi connectivity index (χ0n) is 17.1. The van der Waals surface area contributed by atoms with E-state index >= 15 is 0 Å². The lowest BCUT2D eigenvalue weighted by molar-refractivity contribution is -0.141. The molecule has 0 spiro atoms. The molecule has 2 aromatic rings. The van der Waals surface area contributed by atoms with Gasteiger partial charge in [-0.2, -0.15) is 13.2 Å². The van der Waals surface area contributed by atoms with Crippen LogP contribution in [0.4, 0.5) is 19.0 Å². The normalized spacial score (nSPS) is 21.7. The number of piperazine rings is 1. The van der Waals surface area contributed by atoms with Gasteiger partial charge in [-0.15, -0.1) is 0 Å². The van der Waals surface area contributed by atoms with E-state index < -0.39 is 11.9 Å². The van der Waals surface area contributed by atoms with Crippen LogP contribution in [0.2, 0.25) is 0 Å². The molecule has 2 aromatic heterocycles. The summed E-state index contributed by atoms with van der Waals surface area (Å²) in [5.41, 5.74) is -0.387. The second-order valence-electron chi connectivity index (χ2n) is 8.09. The maximum absolute atomic E-state index is 13.5. The highest BCUT2D eigenvalue weighted by Crippen LogP contribution is 2.32. The molecule has 30 heavy (non-hydrogen) atoms. The number of piperidine rings is 1. The molecular weight excluding hydrogens is 393 g/mol. The van der Waals surface area contributed by atoms with E-state index in [1.54, 1.807) is 12.1 Å². The predicted molar refractivity (Wildman–Crippen MR) is 109 cm³/mol. The molecular formula is C21H27F3N6. The van der Waals surface area contributed by atoms with Gasteiger partial charge in [0.15, 0.2) is 11.5 Å². The summed E-state index contributed by atoms with van der Waals surface area (Å²) in [6.07, 6.45) is 2.28. The standard InChI is InChI=1S/C21H27F3N6/c1-28-9-3-2-4-17(28)15-29-10-12-30(13-11-29)19-14-18(21(22,23)24)26-20(27-19)16-5-7-25-8-6-16/h5-8,14,17H,2-4,9-13,15H2,1H3. The second kappa shape index (κ2) is 8.85. The number of nitrogens with zero attached hydrogens (tertiary/aromatic N) is 6. The highest BCUT2D eigenvalue weighted by Gasteiger charge is 2.35. The first-order valence-electron chi connectivity index (χ1n) is 10.4. The number of anilines is 1. The topological polar surface area (TPSA) is 48.4 Å². The largest absolute Gasteiger partial charge is 0.433 e. The third-order valence-corrected chi connectivity index (χ3v) is 6.03. The van der Waals surface area contributed by atoms with Crippen molar-refractivity contribution in [3.05, 3.63) is 36.3 Å². The monoisotopic (exact) mass is 420 g/mol. The fourth-order valence-electron chi connectivity index (χ4n) is 4.20. The minimum atomic E-state index is -4.52. The molecule has 0 saturated carbocycles. The van der Waals surface area contributed by atoms with Crippen LogP contribution in [-0.2, 0) is 6.18 Å². The van der Waals surface area contributed by atoms with Crippen molar-refractivity contribution in [2.45, 2.75) is 31.5 Å². The van der Waals surface area contributed by atoms with Gasteiger partial charge in [-0.3, -0.25) is 9.88 Å². The fourth-order valence-corrected chi connectivity index (χ4v) is 4.20. The predicted octanol–water partition coefficient (Wildman–Crippen LogP) is 3.16. The summed E-state index contributed by atoms with van der Waals surface area (Å²) < 4.78 is 40.4. The molecule has 1 atom stereocenters. The SMILES string of the molecule is CN1CCCCC1CN1CCN(c2cc(C(F)(F)F)nc(-c3ccncc3)n2)CC1. The van der Waals surface area contributed by atoms with Crippen LogP contribution in [0.25, 0.3) is 11.4 Å². The molecule has 6 nitrogen and oxygen atoms in total. The average molecular weight is 420 g/mol. The molecule has 0 aliphatic carbocycles. The van der Waals surface area contributed by atoms with Gasteiger partial charge in [-0.05, 0) is 38.6 Å². The average Bonchev–Trinajstić information content (AvgIpc) is 2.76. The van der Waals surface area contributed by atoms with Crippen LogP contribution in [0.5, 0.6) is 0 Å². The molecule has 0 bridgehead atoms. The molecule has 2 aliphatic heterocycles. The van der Waals surface area contributed by atoms with Crippen molar-refractivity contribution in [2.24, 2.45) is 0 Å². The maximum Gasteiger partial charge on any atom is 0.433 e. The van der Waals surface area contributed by atoms with Gasteiger partial charge in [0.05, 0.1) is 0 Å². The van der Waals surface area contributed by atoms with E-state index in [4.69, 9.17) is 0 Å². The van der Waals surface area contributed by atoms with Crippen LogP contribution >= 0.6 is 0 Å². The number of hydrogen-bond donors (Lipinski definition) is 0. The minimum Gasteiger partial charge on any atom is -0.354 e. The molecule has 1 unspecified atom stereocenters. The minimum absolute atomic E-state index is 0.0773. The quantitative estimate of drug-likeness (QED) is 0.757. The number of aromatic nitrogens is 3.